The fourth-order valence-corrected chi connectivity index (χ4v) is 2.21. The van der Waals surface area contributed by atoms with Crippen LogP contribution in [0.1, 0.15) is 18.5 Å². The fourth-order valence-electron chi connectivity index (χ4n) is 1.11. The lowest BCUT2D eigenvalue weighted by Gasteiger charge is -2.00. The third-order valence-corrected chi connectivity index (χ3v) is 3.27. The van der Waals surface area contributed by atoms with Gasteiger partial charge in [-0.15, -0.1) is 11.8 Å². The summed E-state index contributed by atoms with van der Waals surface area (Å²) in [5.41, 5.74) is 0.765. The van der Waals surface area contributed by atoms with Gasteiger partial charge in [-0.05, 0) is 30.9 Å². The second-order valence-electron chi connectivity index (χ2n) is 3.38. The van der Waals surface area contributed by atoms with Gasteiger partial charge in [0, 0.05) is 5.75 Å². The molecule has 1 heterocycles. The highest BCUT2D eigenvalue weighted by atomic mass is 32.2. The van der Waals surface area contributed by atoms with Crippen LogP contribution in [0.3, 0.4) is 0 Å². The van der Waals surface area contributed by atoms with Crippen LogP contribution in [0.4, 0.5) is 0 Å². The minimum atomic E-state index is 0.0395. The standard InChI is InChI=1S/C10H13NOS/c12-6-9-2-1-3-10(11-9)13-7-8-4-5-8/h1-3,8,12H,4-7H2. The van der Waals surface area contributed by atoms with Gasteiger partial charge in [0.05, 0.1) is 17.3 Å². The van der Waals surface area contributed by atoms with Gasteiger partial charge in [-0.2, -0.15) is 0 Å². The molecule has 3 heteroatoms. The Kier molecular flexibility index (Phi) is 2.86. The molecule has 0 unspecified atom stereocenters. The number of thioether (sulfide) groups is 1. The van der Waals surface area contributed by atoms with E-state index in [1.54, 1.807) is 11.8 Å². The summed E-state index contributed by atoms with van der Waals surface area (Å²) in [4.78, 5) is 4.30. The maximum Gasteiger partial charge on any atom is 0.0964 e. The average molecular weight is 195 g/mol. The zero-order valence-corrected chi connectivity index (χ0v) is 8.26. The summed E-state index contributed by atoms with van der Waals surface area (Å²) in [6.07, 6.45) is 2.76. The highest BCUT2D eigenvalue weighted by molar-refractivity contribution is 7.99. The summed E-state index contributed by atoms with van der Waals surface area (Å²) in [7, 11) is 0. The molecule has 0 atom stereocenters. The van der Waals surface area contributed by atoms with E-state index >= 15 is 0 Å². The zero-order valence-electron chi connectivity index (χ0n) is 7.44. The second-order valence-corrected chi connectivity index (χ2v) is 4.42. The predicted molar refractivity (Wildman–Crippen MR) is 53.6 cm³/mol. The second kappa shape index (κ2) is 4.11. The van der Waals surface area contributed by atoms with Gasteiger partial charge in [0.25, 0.3) is 0 Å². The van der Waals surface area contributed by atoms with Gasteiger partial charge in [0.1, 0.15) is 0 Å². The van der Waals surface area contributed by atoms with Crippen molar-refractivity contribution in [3.8, 4) is 0 Å². The van der Waals surface area contributed by atoms with Crippen LogP contribution in [0.25, 0.3) is 0 Å². The SMILES string of the molecule is OCc1cccc(SCC2CC2)n1. The number of aliphatic hydroxyl groups excluding tert-OH is 1. The van der Waals surface area contributed by atoms with Crippen molar-refractivity contribution >= 4 is 11.8 Å². The van der Waals surface area contributed by atoms with E-state index < -0.39 is 0 Å². The van der Waals surface area contributed by atoms with Gasteiger partial charge < -0.3 is 5.11 Å². The first-order valence-corrected chi connectivity index (χ1v) is 5.56. The summed E-state index contributed by atoms with van der Waals surface area (Å²) < 4.78 is 0. The summed E-state index contributed by atoms with van der Waals surface area (Å²) in [5.74, 6) is 2.10. The van der Waals surface area contributed by atoms with Crippen LogP contribution in [-0.2, 0) is 6.61 Å². The van der Waals surface area contributed by atoms with E-state index in [9.17, 15) is 0 Å². The van der Waals surface area contributed by atoms with Crippen LogP contribution in [0.2, 0.25) is 0 Å². The van der Waals surface area contributed by atoms with E-state index in [2.05, 4.69) is 4.98 Å². The van der Waals surface area contributed by atoms with Crippen LogP contribution in [-0.4, -0.2) is 15.8 Å². The Morgan fingerprint density at radius 2 is 2.31 bits per heavy atom. The Morgan fingerprint density at radius 3 is 3.00 bits per heavy atom. The Bertz CT molecular complexity index is 286. The molecule has 13 heavy (non-hydrogen) atoms. The van der Waals surface area contributed by atoms with Crippen LogP contribution in [0, 0.1) is 5.92 Å². The zero-order chi connectivity index (χ0) is 9.10. The van der Waals surface area contributed by atoms with E-state index in [0.717, 1.165) is 16.6 Å². The van der Waals surface area contributed by atoms with Gasteiger partial charge in [-0.25, -0.2) is 4.98 Å². The molecule has 2 nitrogen and oxygen atoms in total. The fraction of sp³-hybridized carbons (Fsp3) is 0.500. The van der Waals surface area contributed by atoms with Gasteiger partial charge in [0.15, 0.2) is 0 Å². The van der Waals surface area contributed by atoms with Crippen LogP contribution in [0.15, 0.2) is 23.2 Å². The Labute approximate surface area is 82.4 Å². The lowest BCUT2D eigenvalue weighted by molar-refractivity contribution is 0.276. The molecule has 1 fully saturated rings. The van der Waals surface area contributed by atoms with Crippen LogP contribution in [0.5, 0.6) is 0 Å². The highest BCUT2D eigenvalue weighted by Gasteiger charge is 2.21. The van der Waals surface area contributed by atoms with Crippen LogP contribution >= 0.6 is 11.8 Å². The number of aromatic nitrogens is 1. The van der Waals surface area contributed by atoms with Crippen molar-refractivity contribution in [2.24, 2.45) is 5.92 Å². The highest BCUT2D eigenvalue weighted by Crippen LogP contribution is 2.34. The first-order chi connectivity index (χ1) is 6.38. The first kappa shape index (κ1) is 9.03. The molecule has 70 valence electrons. The predicted octanol–water partition coefficient (Wildman–Crippen LogP) is 2.08. The Morgan fingerprint density at radius 1 is 1.46 bits per heavy atom. The summed E-state index contributed by atoms with van der Waals surface area (Å²) in [6, 6.07) is 5.81. The van der Waals surface area contributed by atoms with E-state index in [4.69, 9.17) is 5.11 Å². The van der Waals surface area contributed by atoms with Gasteiger partial charge >= 0.3 is 0 Å². The molecule has 1 aliphatic rings. The quantitative estimate of drug-likeness (QED) is 0.747. The molecule has 1 aromatic heterocycles. The molecule has 1 N–H and O–H groups in total. The van der Waals surface area contributed by atoms with Crippen molar-refractivity contribution < 1.29 is 5.11 Å². The molecule has 0 bridgehead atoms. The van der Waals surface area contributed by atoms with Crippen LogP contribution < -0.4 is 0 Å². The largest absolute Gasteiger partial charge is 0.390 e. The van der Waals surface area contributed by atoms with Gasteiger partial charge in [-0.3, -0.25) is 0 Å². The molecule has 0 saturated heterocycles. The summed E-state index contributed by atoms with van der Waals surface area (Å²) >= 11 is 1.80. The normalized spacial score (nSPS) is 16.1. The van der Waals surface area contributed by atoms with E-state index in [1.807, 2.05) is 18.2 Å². The maximum atomic E-state index is 8.88. The smallest absolute Gasteiger partial charge is 0.0964 e. The molecule has 1 saturated carbocycles. The third-order valence-electron chi connectivity index (χ3n) is 2.11. The molecule has 0 aliphatic heterocycles. The molecule has 0 spiro atoms. The first-order valence-electron chi connectivity index (χ1n) is 4.58. The maximum absolute atomic E-state index is 8.88. The van der Waals surface area contributed by atoms with Crippen molar-refractivity contribution in [3.63, 3.8) is 0 Å². The van der Waals surface area contributed by atoms with E-state index in [0.29, 0.717) is 0 Å². The summed E-state index contributed by atoms with van der Waals surface area (Å²) in [6.45, 7) is 0.0395. The molecule has 2 rings (SSSR count). The van der Waals surface area contributed by atoms with E-state index in [-0.39, 0.29) is 6.61 Å². The minimum Gasteiger partial charge on any atom is -0.390 e. The van der Waals surface area contributed by atoms with Crippen molar-refractivity contribution in [3.05, 3.63) is 23.9 Å². The molecule has 0 aromatic carbocycles. The molecule has 0 amide bonds. The number of pyridine rings is 1. The number of rotatable bonds is 4. The van der Waals surface area contributed by atoms with Crippen molar-refractivity contribution in [1.29, 1.82) is 0 Å². The lowest BCUT2D eigenvalue weighted by Crippen LogP contribution is -1.91. The average Bonchev–Trinajstić information content (AvgIpc) is 2.99. The topological polar surface area (TPSA) is 33.1 Å². The monoisotopic (exact) mass is 195 g/mol. The van der Waals surface area contributed by atoms with E-state index in [1.165, 1.54) is 18.6 Å². The number of aliphatic hydroxyl groups is 1. The lowest BCUT2D eigenvalue weighted by atomic mass is 10.4. The minimum absolute atomic E-state index is 0.0395. The molecule has 1 aliphatic carbocycles. The summed E-state index contributed by atoms with van der Waals surface area (Å²) in [5, 5.41) is 9.92. The van der Waals surface area contributed by atoms with Gasteiger partial charge in [0.2, 0.25) is 0 Å². The van der Waals surface area contributed by atoms with Crippen molar-refractivity contribution in [2.45, 2.75) is 24.5 Å². The van der Waals surface area contributed by atoms with Gasteiger partial charge in [-0.1, -0.05) is 6.07 Å². The number of hydrogen-bond acceptors (Lipinski definition) is 3. The molecular weight excluding hydrogens is 182 g/mol. The number of hydrogen-bond donors (Lipinski definition) is 1. The molecular formula is C10H13NOS. The number of nitrogens with zero attached hydrogens (tertiary/aromatic N) is 1. The Balaban J connectivity index is 1.93. The molecule has 0 radical (unpaired) electrons. The van der Waals surface area contributed by atoms with Crippen molar-refractivity contribution in [1.82, 2.24) is 4.98 Å². The van der Waals surface area contributed by atoms with Crippen molar-refractivity contribution in [2.75, 3.05) is 5.75 Å². The Hall–Kier alpha value is -0.540. The third kappa shape index (κ3) is 2.71. The molecule has 1 aromatic rings.